The van der Waals surface area contributed by atoms with Crippen LogP contribution in [0.4, 0.5) is 5.82 Å². The molecule has 1 aromatic heterocycles. The second-order valence-electron chi connectivity index (χ2n) is 5.42. The number of nitrogens with zero attached hydrogens (tertiary/aromatic N) is 2. The van der Waals surface area contributed by atoms with Gasteiger partial charge in [-0.05, 0) is 32.0 Å². The van der Waals surface area contributed by atoms with Crippen LogP contribution in [-0.4, -0.2) is 41.1 Å². The highest BCUT2D eigenvalue weighted by molar-refractivity contribution is 6.30. The topological polar surface area (TPSA) is 65.4 Å². The lowest BCUT2D eigenvalue weighted by Gasteiger charge is -2.27. The first-order valence-electron chi connectivity index (χ1n) is 7.41. The molecule has 2 atom stereocenters. The van der Waals surface area contributed by atoms with E-state index in [0.717, 1.165) is 11.4 Å². The van der Waals surface area contributed by atoms with Crippen LogP contribution in [0.3, 0.4) is 0 Å². The molecule has 6 nitrogen and oxygen atoms in total. The van der Waals surface area contributed by atoms with Crippen LogP contribution in [0.1, 0.15) is 12.6 Å². The van der Waals surface area contributed by atoms with Crippen molar-refractivity contribution in [2.45, 2.75) is 26.1 Å². The molecule has 0 spiro atoms. The van der Waals surface area contributed by atoms with E-state index in [1.54, 1.807) is 16.8 Å². The lowest BCUT2D eigenvalue weighted by Crippen LogP contribution is -2.44. The lowest BCUT2D eigenvalue weighted by atomic mass is 10.2. The smallest absolute Gasteiger partial charge is 0.257 e. The van der Waals surface area contributed by atoms with Crippen molar-refractivity contribution < 1.29 is 14.3 Å². The van der Waals surface area contributed by atoms with Gasteiger partial charge in [-0.25, -0.2) is 4.68 Å². The van der Waals surface area contributed by atoms with E-state index in [2.05, 4.69) is 10.4 Å². The van der Waals surface area contributed by atoms with Crippen molar-refractivity contribution in [2.24, 2.45) is 0 Å². The summed E-state index contributed by atoms with van der Waals surface area (Å²) in [4.78, 5) is 12.3. The maximum atomic E-state index is 12.3. The highest BCUT2D eigenvalue weighted by atomic mass is 35.5. The number of ether oxygens (including phenoxy) is 2. The molecule has 1 fully saturated rings. The number of benzene rings is 1. The molecule has 1 aromatic carbocycles. The highest BCUT2D eigenvalue weighted by Crippen LogP contribution is 2.19. The number of carbonyl (C=O) groups is 1. The largest absolute Gasteiger partial charge is 0.373 e. The summed E-state index contributed by atoms with van der Waals surface area (Å²) >= 11 is 6.01. The number of halogens is 1. The normalized spacial score (nSPS) is 21.2. The van der Waals surface area contributed by atoms with Gasteiger partial charge in [0.05, 0.1) is 25.0 Å². The molecule has 2 aromatic rings. The summed E-state index contributed by atoms with van der Waals surface area (Å²) in [7, 11) is 0. The summed E-state index contributed by atoms with van der Waals surface area (Å²) in [5.74, 6) is 0.210. The summed E-state index contributed by atoms with van der Waals surface area (Å²) in [5.41, 5.74) is 1.72. The number of hydrogen-bond donors (Lipinski definition) is 1. The predicted molar refractivity (Wildman–Crippen MR) is 87.1 cm³/mol. The molecule has 1 aliphatic rings. The molecule has 0 bridgehead atoms. The van der Waals surface area contributed by atoms with Gasteiger partial charge in [0.15, 0.2) is 11.9 Å². The first kappa shape index (κ1) is 16.0. The van der Waals surface area contributed by atoms with Crippen LogP contribution < -0.4 is 5.32 Å². The number of hydrogen-bond acceptors (Lipinski definition) is 4. The minimum absolute atomic E-state index is 0.257. The van der Waals surface area contributed by atoms with Gasteiger partial charge in [0, 0.05) is 16.8 Å². The first-order chi connectivity index (χ1) is 11.0. The predicted octanol–water partition coefficient (Wildman–Crippen LogP) is 2.58. The monoisotopic (exact) mass is 335 g/mol. The summed E-state index contributed by atoms with van der Waals surface area (Å²) < 4.78 is 12.6. The van der Waals surface area contributed by atoms with Crippen molar-refractivity contribution in [2.75, 3.05) is 18.5 Å². The number of aromatic nitrogens is 2. The maximum Gasteiger partial charge on any atom is 0.257 e. The third kappa shape index (κ3) is 3.55. The lowest BCUT2D eigenvalue weighted by molar-refractivity contribution is -0.157. The van der Waals surface area contributed by atoms with E-state index < -0.39 is 6.10 Å². The van der Waals surface area contributed by atoms with E-state index in [4.69, 9.17) is 21.1 Å². The van der Waals surface area contributed by atoms with E-state index in [1.807, 2.05) is 32.0 Å². The minimum Gasteiger partial charge on any atom is -0.373 e. The number of amides is 1. The van der Waals surface area contributed by atoms with Crippen LogP contribution in [0.5, 0.6) is 0 Å². The Hall–Kier alpha value is -1.89. The van der Waals surface area contributed by atoms with Gasteiger partial charge in [0.1, 0.15) is 0 Å². The Morgan fingerprint density at radius 2 is 2.13 bits per heavy atom. The molecule has 1 N–H and O–H groups in total. The molecule has 1 amide bonds. The van der Waals surface area contributed by atoms with Crippen molar-refractivity contribution in [3.05, 3.63) is 41.0 Å². The highest BCUT2D eigenvalue weighted by Gasteiger charge is 2.30. The zero-order valence-electron chi connectivity index (χ0n) is 13.0. The van der Waals surface area contributed by atoms with Crippen LogP contribution in [0, 0.1) is 6.92 Å². The van der Waals surface area contributed by atoms with Gasteiger partial charge in [0.25, 0.3) is 5.91 Å². The molecular weight excluding hydrogens is 318 g/mol. The third-order valence-electron chi connectivity index (χ3n) is 3.64. The van der Waals surface area contributed by atoms with Crippen molar-refractivity contribution in [3.8, 4) is 5.69 Å². The van der Waals surface area contributed by atoms with Gasteiger partial charge >= 0.3 is 0 Å². The van der Waals surface area contributed by atoms with Crippen LogP contribution in [-0.2, 0) is 14.3 Å². The molecule has 1 saturated heterocycles. The minimum atomic E-state index is -0.625. The summed E-state index contributed by atoms with van der Waals surface area (Å²) in [6.07, 6.45) is -0.903. The molecule has 122 valence electrons. The number of anilines is 1. The summed E-state index contributed by atoms with van der Waals surface area (Å²) in [6.45, 7) is 4.65. The van der Waals surface area contributed by atoms with Crippen LogP contribution in [0.25, 0.3) is 5.69 Å². The van der Waals surface area contributed by atoms with E-state index in [1.165, 1.54) is 0 Å². The Morgan fingerprint density at radius 3 is 2.87 bits per heavy atom. The average molecular weight is 336 g/mol. The molecule has 3 rings (SSSR count). The Morgan fingerprint density at radius 1 is 1.35 bits per heavy atom. The van der Waals surface area contributed by atoms with Crippen molar-refractivity contribution in [1.82, 2.24) is 9.78 Å². The second kappa shape index (κ2) is 6.70. The molecule has 0 aliphatic carbocycles. The molecule has 2 heterocycles. The Labute approximate surface area is 139 Å². The molecule has 23 heavy (non-hydrogen) atoms. The number of nitrogens with one attached hydrogen (secondary N) is 1. The van der Waals surface area contributed by atoms with Gasteiger partial charge in [0.2, 0.25) is 0 Å². The van der Waals surface area contributed by atoms with Crippen LogP contribution in [0.15, 0.2) is 30.3 Å². The van der Waals surface area contributed by atoms with Crippen LogP contribution in [0.2, 0.25) is 5.02 Å². The summed E-state index contributed by atoms with van der Waals surface area (Å²) in [5, 5.41) is 7.82. The molecular formula is C16H18ClN3O3. The van der Waals surface area contributed by atoms with Gasteiger partial charge < -0.3 is 14.8 Å². The fraction of sp³-hybridized carbons (Fsp3) is 0.375. The Kier molecular flexibility index (Phi) is 4.66. The zero-order valence-corrected chi connectivity index (χ0v) is 13.7. The molecule has 0 radical (unpaired) electrons. The van der Waals surface area contributed by atoms with Gasteiger partial charge in [-0.1, -0.05) is 17.7 Å². The van der Waals surface area contributed by atoms with E-state index in [-0.39, 0.29) is 12.0 Å². The molecule has 0 saturated carbocycles. The SMILES string of the molecule is Cc1cc(NC(=O)[C@H]2OCCO[C@H]2C)nn1-c1cccc(Cl)c1. The van der Waals surface area contributed by atoms with Crippen LogP contribution >= 0.6 is 11.6 Å². The van der Waals surface area contributed by atoms with Crippen molar-refractivity contribution >= 4 is 23.3 Å². The van der Waals surface area contributed by atoms with E-state index in [0.29, 0.717) is 24.1 Å². The van der Waals surface area contributed by atoms with Gasteiger partial charge in [-0.2, -0.15) is 0 Å². The maximum absolute atomic E-state index is 12.3. The van der Waals surface area contributed by atoms with Crippen molar-refractivity contribution in [3.63, 3.8) is 0 Å². The third-order valence-corrected chi connectivity index (χ3v) is 3.87. The standard InChI is InChI=1S/C16H18ClN3O3/c1-10-8-14(18-16(21)15-11(2)22-6-7-23-15)19-20(10)13-5-3-4-12(17)9-13/h3-5,8-9,11,15H,6-7H2,1-2H3,(H,18,19,21)/t11-,15-/m0/s1. The van der Waals surface area contributed by atoms with E-state index >= 15 is 0 Å². The summed E-state index contributed by atoms with van der Waals surface area (Å²) in [6, 6.07) is 9.17. The number of carbonyl (C=O) groups excluding carboxylic acids is 1. The quantitative estimate of drug-likeness (QED) is 0.936. The molecule has 0 unspecified atom stereocenters. The number of rotatable bonds is 3. The molecule has 7 heteroatoms. The Balaban J connectivity index is 1.77. The fourth-order valence-electron chi connectivity index (χ4n) is 2.52. The van der Waals surface area contributed by atoms with Crippen molar-refractivity contribution in [1.29, 1.82) is 0 Å². The zero-order chi connectivity index (χ0) is 16.4. The fourth-order valence-corrected chi connectivity index (χ4v) is 2.71. The van der Waals surface area contributed by atoms with Gasteiger partial charge in [-0.3, -0.25) is 4.79 Å². The molecule has 1 aliphatic heterocycles. The number of aryl methyl sites for hydroxylation is 1. The second-order valence-corrected chi connectivity index (χ2v) is 5.86. The van der Waals surface area contributed by atoms with Gasteiger partial charge in [-0.15, -0.1) is 5.10 Å². The van der Waals surface area contributed by atoms with E-state index in [9.17, 15) is 4.79 Å². The first-order valence-corrected chi connectivity index (χ1v) is 7.79. The average Bonchev–Trinajstić information content (AvgIpc) is 2.88. The Bertz CT molecular complexity index is 716.